The van der Waals surface area contributed by atoms with Crippen molar-refractivity contribution >= 4 is 44.6 Å². The molecule has 0 saturated heterocycles. The van der Waals surface area contributed by atoms with Gasteiger partial charge in [0.1, 0.15) is 5.82 Å². The Morgan fingerprint density at radius 3 is 2.26 bits per heavy atom. The Bertz CT molecular complexity index is 887. The maximum absolute atomic E-state index is 13.2. The topological polar surface area (TPSA) is 58.2 Å². The minimum absolute atomic E-state index is 0.153. The number of benzene rings is 2. The summed E-state index contributed by atoms with van der Waals surface area (Å²) in [6, 6.07) is 12.9. The van der Waals surface area contributed by atoms with Gasteiger partial charge in [-0.05, 0) is 53.9 Å². The third-order valence-corrected chi connectivity index (χ3v) is 4.28. The zero-order valence-corrected chi connectivity index (χ0v) is 13.0. The lowest BCUT2D eigenvalue weighted by Gasteiger charge is -2.05. The average Bonchev–Trinajstić information content (AvgIpc) is 2.92. The van der Waals surface area contributed by atoms with E-state index in [1.165, 1.54) is 30.4 Å². The van der Waals surface area contributed by atoms with Gasteiger partial charge in [-0.15, -0.1) is 11.3 Å². The maximum atomic E-state index is 13.2. The van der Waals surface area contributed by atoms with E-state index in [0.29, 0.717) is 21.6 Å². The standard InChI is InChI=1S/C17H13FN2O2S/c1-10(21)19-13-3-5-14(6-4-13)20-17(22)16-9-11-8-12(18)2-7-15(11)23-16/h2-9H,1H3,(H,19,21)(H,20,22). The van der Waals surface area contributed by atoms with E-state index in [9.17, 15) is 14.0 Å². The van der Waals surface area contributed by atoms with Gasteiger partial charge in [0.05, 0.1) is 4.88 Å². The molecule has 0 aliphatic heterocycles. The molecule has 23 heavy (non-hydrogen) atoms. The van der Waals surface area contributed by atoms with E-state index in [1.54, 1.807) is 36.4 Å². The van der Waals surface area contributed by atoms with E-state index in [-0.39, 0.29) is 17.6 Å². The SMILES string of the molecule is CC(=O)Nc1ccc(NC(=O)c2cc3cc(F)ccc3s2)cc1. The van der Waals surface area contributed by atoms with Crippen molar-refractivity contribution in [2.24, 2.45) is 0 Å². The molecule has 1 aromatic heterocycles. The predicted octanol–water partition coefficient (Wildman–Crippen LogP) is 4.25. The van der Waals surface area contributed by atoms with Crippen molar-refractivity contribution in [1.82, 2.24) is 0 Å². The number of anilines is 2. The molecule has 0 fully saturated rings. The van der Waals surface area contributed by atoms with E-state index < -0.39 is 0 Å². The summed E-state index contributed by atoms with van der Waals surface area (Å²) in [5, 5.41) is 6.14. The number of amides is 2. The minimum Gasteiger partial charge on any atom is -0.326 e. The Balaban J connectivity index is 1.76. The van der Waals surface area contributed by atoms with Crippen LogP contribution in [0.15, 0.2) is 48.5 Å². The zero-order chi connectivity index (χ0) is 16.4. The number of rotatable bonds is 3. The van der Waals surface area contributed by atoms with Gasteiger partial charge in [0, 0.05) is 23.0 Å². The molecule has 2 aromatic carbocycles. The molecule has 0 bridgehead atoms. The normalized spacial score (nSPS) is 10.5. The number of fused-ring (bicyclic) bond motifs is 1. The molecule has 116 valence electrons. The number of thiophene rings is 1. The van der Waals surface area contributed by atoms with E-state index in [4.69, 9.17) is 0 Å². The monoisotopic (exact) mass is 328 g/mol. The average molecular weight is 328 g/mol. The summed E-state index contributed by atoms with van der Waals surface area (Å²) in [5.74, 6) is -0.728. The summed E-state index contributed by atoms with van der Waals surface area (Å²) >= 11 is 1.31. The summed E-state index contributed by atoms with van der Waals surface area (Å²) in [6.07, 6.45) is 0. The quantitative estimate of drug-likeness (QED) is 0.755. The van der Waals surface area contributed by atoms with Crippen LogP contribution < -0.4 is 10.6 Å². The van der Waals surface area contributed by atoms with Gasteiger partial charge >= 0.3 is 0 Å². The summed E-state index contributed by atoms with van der Waals surface area (Å²) in [4.78, 5) is 23.7. The molecule has 2 amide bonds. The van der Waals surface area contributed by atoms with Crippen molar-refractivity contribution in [1.29, 1.82) is 0 Å². The van der Waals surface area contributed by atoms with Crippen LogP contribution in [0.3, 0.4) is 0 Å². The van der Waals surface area contributed by atoms with Crippen LogP contribution in [0.25, 0.3) is 10.1 Å². The Labute approximate surface area is 135 Å². The van der Waals surface area contributed by atoms with Crippen LogP contribution >= 0.6 is 11.3 Å². The fourth-order valence-electron chi connectivity index (χ4n) is 2.16. The predicted molar refractivity (Wildman–Crippen MR) is 90.5 cm³/mol. The first kappa shape index (κ1) is 15.2. The smallest absolute Gasteiger partial charge is 0.265 e. The lowest BCUT2D eigenvalue weighted by molar-refractivity contribution is -0.114. The number of nitrogens with one attached hydrogen (secondary N) is 2. The molecule has 0 aliphatic rings. The third kappa shape index (κ3) is 3.54. The molecule has 3 aromatic rings. The number of carbonyl (C=O) groups excluding carboxylic acids is 2. The summed E-state index contributed by atoms with van der Waals surface area (Å²) in [5.41, 5.74) is 1.28. The zero-order valence-electron chi connectivity index (χ0n) is 12.2. The fourth-order valence-corrected chi connectivity index (χ4v) is 3.10. The highest BCUT2D eigenvalue weighted by Crippen LogP contribution is 2.27. The number of halogens is 1. The first-order valence-electron chi connectivity index (χ1n) is 6.89. The maximum Gasteiger partial charge on any atom is 0.265 e. The second-order valence-electron chi connectivity index (χ2n) is 5.01. The van der Waals surface area contributed by atoms with Crippen molar-refractivity contribution in [2.45, 2.75) is 6.92 Å². The largest absolute Gasteiger partial charge is 0.326 e. The van der Waals surface area contributed by atoms with Crippen LogP contribution in [0.2, 0.25) is 0 Å². The van der Waals surface area contributed by atoms with E-state index >= 15 is 0 Å². The van der Waals surface area contributed by atoms with Gasteiger partial charge in [0.2, 0.25) is 5.91 Å². The molecule has 0 saturated carbocycles. The van der Waals surface area contributed by atoms with Crippen LogP contribution in [-0.2, 0) is 4.79 Å². The van der Waals surface area contributed by atoms with Crippen LogP contribution in [0.4, 0.5) is 15.8 Å². The first-order chi connectivity index (χ1) is 11.0. The molecule has 0 radical (unpaired) electrons. The van der Waals surface area contributed by atoms with Gasteiger partial charge < -0.3 is 10.6 Å². The van der Waals surface area contributed by atoms with E-state index in [0.717, 1.165) is 4.70 Å². The van der Waals surface area contributed by atoms with Crippen LogP contribution in [0, 0.1) is 5.82 Å². The molecule has 6 heteroatoms. The molecule has 0 unspecified atom stereocenters. The third-order valence-electron chi connectivity index (χ3n) is 3.17. The summed E-state index contributed by atoms with van der Waals surface area (Å²) < 4.78 is 14.1. The molecule has 0 atom stereocenters. The van der Waals surface area contributed by atoms with Gasteiger partial charge in [0.15, 0.2) is 0 Å². The Hall–Kier alpha value is -2.73. The minimum atomic E-state index is -0.323. The van der Waals surface area contributed by atoms with Gasteiger partial charge in [-0.1, -0.05) is 0 Å². The second kappa shape index (κ2) is 6.18. The summed E-state index contributed by atoms with van der Waals surface area (Å²) in [7, 11) is 0. The molecular formula is C17H13FN2O2S. The molecule has 3 rings (SSSR count). The molecule has 0 aliphatic carbocycles. The molecule has 2 N–H and O–H groups in total. The highest BCUT2D eigenvalue weighted by Gasteiger charge is 2.11. The highest BCUT2D eigenvalue weighted by molar-refractivity contribution is 7.20. The molecular weight excluding hydrogens is 315 g/mol. The Morgan fingerprint density at radius 1 is 0.957 bits per heavy atom. The van der Waals surface area contributed by atoms with Crippen LogP contribution in [0.1, 0.15) is 16.6 Å². The molecule has 1 heterocycles. The summed E-state index contributed by atoms with van der Waals surface area (Å²) in [6.45, 7) is 1.43. The van der Waals surface area contributed by atoms with E-state index in [2.05, 4.69) is 10.6 Å². The number of carbonyl (C=O) groups is 2. The Kier molecular flexibility index (Phi) is 4.08. The highest BCUT2D eigenvalue weighted by atomic mass is 32.1. The van der Waals surface area contributed by atoms with Gasteiger partial charge in [-0.3, -0.25) is 9.59 Å². The van der Waals surface area contributed by atoms with Gasteiger partial charge in [-0.2, -0.15) is 0 Å². The van der Waals surface area contributed by atoms with Crippen molar-refractivity contribution in [3.63, 3.8) is 0 Å². The lowest BCUT2D eigenvalue weighted by Crippen LogP contribution is -2.10. The van der Waals surface area contributed by atoms with E-state index in [1.807, 2.05) is 0 Å². The lowest BCUT2D eigenvalue weighted by atomic mass is 10.2. The van der Waals surface area contributed by atoms with Crippen molar-refractivity contribution < 1.29 is 14.0 Å². The van der Waals surface area contributed by atoms with Crippen LogP contribution in [-0.4, -0.2) is 11.8 Å². The van der Waals surface area contributed by atoms with Gasteiger partial charge in [0.25, 0.3) is 5.91 Å². The fraction of sp³-hybridized carbons (Fsp3) is 0.0588. The Morgan fingerprint density at radius 2 is 1.61 bits per heavy atom. The van der Waals surface area contributed by atoms with Crippen molar-refractivity contribution in [3.05, 3.63) is 59.2 Å². The van der Waals surface area contributed by atoms with Gasteiger partial charge in [-0.25, -0.2) is 4.39 Å². The van der Waals surface area contributed by atoms with Crippen molar-refractivity contribution in [3.8, 4) is 0 Å². The second-order valence-corrected chi connectivity index (χ2v) is 6.09. The first-order valence-corrected chi connectivity index (χ1v) is 7.71. The van der Waals surface area contributed by atoms with Crippen molar-refractivity contribution in [2.75, 3.05) is 10.6 Å². The van der Waals surface area contributed by atoms with Crippen LogP contribution in [0.5, 0.6) is 0 Å². The molecule has 0 spiro atoms. The number of hydrogen-bond donors (Lipinski definition) is 2. The molecule has 4 nitrogen and oxygen atoms in total. The number of hydrogen-bond acceptors (Lipinski definition) is 3.